The SMILES string of the molecule is CCN(C(=O)C1CCCc2sccc21)c1ccc(N)cc1. The van der Waals surface area contributed by atoms with Gasteiger partial charge in [0.2, 0.25) is 5.91 Å². The highest BCUT2D eigenvalue weighted by molar-refractivity contribution is 7.10. The van der Waals surface area contributed by atoms with Crippen LogP contribution in [0.2, 0.25) is 0 Å². The summed E-state index contributed by atoms with van der Waals surface area (Å²) >= 11 is 1.78. The number of carbonyl (C=O) groups excluding carboxylic acids is 1. The number of rotatable bonds is 3. The second-order valence-corrected chi connectivity index (χ2v) is 6.42. The van der Waals surface area contributed by atoms with Crippen LogP contribution in [0.4, 0.5) is 11.4 Å². The molecule has 0 radical (unpaired) electrons. The maximum Gasteiger partial charge on any atom is 0.234 e. The summed E-state index contributed by atoms with van der Waals surface area (Å²) < 4.78 is 0. The van der Waals surface area contributed by atoms with Crippen molar-refractivity contribution in [1.29, 1.82) is 0 Å². The van der Waals surface area contributed by atoms with Gasteiger partial charge in [-0.25, -0.2) is 0 Å². The van der Waals surface area contributed by atoms with E-state index in [0.717, 1.165) is 30.6 Å². The first-order chi connectivity index (χ1) is 10.2. The van der Waals surface area contributed by atoms with Crippen LogP contribution >= 0.6 is 11.3 Å². The Bertz CT molecular complexity index is 632. The van der Waals surface area contributed by atoms with Gasteiger partial charge in [-0.05, 0) is 67.5 Å². The lowest BCUT2D eigenvalue weighted by Crippen LogP contribution is -2.36. The number of amides is 1. The summed E-state index contributed by atoms with van der Waals surface area (Å²) in [6, 6.07) is 9.67. The molecule has 1 amide bonds. The van der Waals surface area contributed by atoms with Crippen molar-refractivity contribution in [3.05, 3.63) is 46.2 Å². The van der Waals surface area contributed by atoms with E-state index < -0.39 is 0 Å². The van der Waals surface area contributed by atoms with E-state index in [0.29, 0.717) is 6.54 Å². The zero-order valence-corrected chi connectivity index (χ0v) is 13.0. The molecule has 2 N–H and O–H groups in total. The van der Waals surface area contributed by atoms with Gasteiger partial charge in [-0.2, -0.15) is 0 Å². The summed E-state index contributed by atoms with van der Waals surface area (Å²) in [6.07, 6.45) is 3.17. The van der Waals surface area contributed by atoms with Crippen molar-refractivity contribution in [3.8, 4) is 0 Å². The molecule has 4 heteroatoms. The Morgan fingerprint density at radius 1 is 1.33 bits per heavy atom. The molecule has 1 unspecified atom stereocenters. The van der Waals surface area contributed by atoms with Crippen LogP contribution in [0, 0.1) is 0 Å². The van der Waals surface area contributed by atoms with Gasteiger partial charge in [0.05, 0.1) is 5.92 Å². The first-order valence-electron chi connectivity index (χ1n) is 7.44. The molecular formula is C17H20N2OS. The van der Waals surface area contributed by atoms with E-state index in [-0.39, 0.29) is 11.8 Å². The van der Waals surface area contributed by atoms with Crippen LogP contribution in [-0.2, 0) is 11.2 Å². The van der Waals surface area contributed by atoms with E-state index in [9.17, 15) is 4.79 Å². The van der Waals surface area contributed by atoms with Gasteiger partial charge >= 0.3 is 0 Å². The predicted octanol–water partition coefficient (Wildman–Crippen LogP) is 3.80. The number of anilines is 2. The van der Waals surface area contributed by atoms with Crippen molar-refractivity contribution in [3.63, 3.8) is 0 Å². The highest BCUT2D eigenvalue weighted by Crippen LogP contribution is 2.36. The summed E-state index contributed by atoms with van der Waals surface area (Å²) in [5.74, 6) is 0.221. The molecule has 1 atom stereocenters. The minimum Gasteiger partial charge on any atom is -0.399 e. The third kappa shape index (κ3) is 2.68. The van der Waals surface area contributed by atoms with E-state index in [1.54, 1.807) is 11.3 Å². The fourth-order valence-electron chi connectivity index (χ4n) is 3.05. The van der Waals surface area contributed by atoms with Crippen molar-refractivity contribution >= 4 is 28.6 Å². The molecule has 1 aliphatic carbocycles. The second-order valence-electron chi connectivity index (χ2n) is 5.42. The fraction of sp³-hybridized carbons (Fsp3) is 0.353. The molecule has 1 aromatic heterocycles. The molecule has 3 rings (SSSR count). The van der Waals surface area contributed by atoms with Gasteiger partial charge in [0.25, 0.3) is 0 Å². The van der Waals surface area contributed by atoms with Gasteiger partial charge in [0.15, 0.2) is 0 Å². The monoisotopic (exact) mass is 300 g/mol. The van der Waals surface area contributed by atoms with E-state index in [4.69, 9.17) is 5.73 Å². The summed E-state index contributed by atoms with van der Waals surface area (Å²) in [7, 11) is 0. The normalized spacial score (nSPS) is 17.3. The average molecular weight is 300 g/mol. The van der Waals surface area contributed by atoms with E-state index >= 15 is 0 Å². The molecule has 0 saturated carbocycles. The molecule has 1 aliphatic rings. The Balaban J connectivity index is 1.89. The maximum absolute atomic E-state index is 13.0. The number of nitrogens with two attached hydrogens (primary N) is 1. The van der Waals surface area contributed by atoms with Crippen molar-refractivity contribution in [2.75, 3.05) is 17.2 Å². The van der Waals surface area contributed by atoms with Crippen LogP contribution in [-0.4, -0.2) is 12.5 Å². The van der Waals surface area contributed by atoms with Gasteiger partial charge in [-0.3, -0.25) is 4.79 Å². The smallest absolute Gasteiger partial charge is 0.234 e. The molecule has 1 heterocycles. The minimum atomic E-state index is 0.0116. The largest absolute Gasteiger partial charge is 0.399 e. The van der Waals surface area contributed by atoms with Crippen LogP contribution in [0.1, 0.15) is 36.1 Å². The van der Waals surface area contributed by atoms with Gasteiger partial charge in [0.1, 0.15) is 0 Å². The molecule has 21 heavy (non-hydrogen) atoms. The van der Waals surface area contributed by atoms with Crippen LogP contribution in [0.5, 0.6) is 0 Å². The third-order valence-corrected chi connectivity index (χ3v) is 5.13. The second kappa shape index (κ2) is 5.90. The number of benzene rings is 1. The molecule has 110 valence electrons. The minimum absolute atomic E-state index is 0.0116. The van der Waals surface area contributed by atoms with E-state index in [1.165, 1.54) is 10.4 Å². The van der Waals surface area contributed by atoms with Crippen LogP contribution in [0.25, 0.3) is 0 Å². The first kappa shape index (κ1) is 14.1. The fourth-order valence-corrected chi connectivity index (χ4v) is 4.04. The topological polar surface area (TPSA) is 46.3 Å². The zero-order chi connectivity index (χ0) is 14.8. The molecule has 0 saturated heterocycles. The predicted molar refractivity (Wildman–Crippen MR) is 88.9 cm³/mol. The van der Waals surface area contributed by atoms with Crippen molar-refractivity contribution in [1.82, 2.24) is 0 Å². The summed E-state index contributed by atoms with van der Waals surface area (Å²) in [6.45, 7) is 2.70. The lowest BCUT2D eigenvalue weighted by Gasteiger charge is -2.29. The zero-order valence-electron chi connectivity index (χ0n) is 12.2. The number of likely N-dealkylation sites (N-methyl/N-ethyl adjacent to an activating group) is 1. The van der Waals surface area contributed by atoms with Crippen molar-refractivity contribution < 1.29 is 4.79 Å². The van der Waals surface area contributed by atoms with E-state index in [2.05, 4.69) is 11.4 Å². The summed E-state index contributed by atoms with van der Waals surface area (Å²) in [5, 5.41) is 2.11. The molecule has 0 bridgehead atoms. The number of thiophene rings is 1. The number of fused-ring (bicyclic) bond motifs is 1. The Hall–Kier alpha value is -1.81. The summed E-state index contributed by atoms with van der Waals surface area (Å²) in [4.78, 5) is 16.2. The number of nitrogens with zero attached hydrogens (tertiary/aromatic N) is 1. The lowest BCUT2D eigenvalue weighted by atomic mass is 9.86. The van der Waals surface area contributed by atoms with Crippen molar-refractivity contribution in [2.24, 2.45) is 0 Å². The van der Waals surface area contributed by atoms with Gasteiger partial charge in [-0.15, -0.1) is 11.3 Å². The van der Waals surface area contributed by atoms with Crippen LogP contribution in [0.3, 0.4) is 0 Å². The van der Waals surface area contributed by atoms with Crippen molar-refractivity contribution in [2.45, 2.75) is 32.1 Å². The maximum atomic E-state index is 13.0. The molecule has 3 nitrogen and oxygen atoms in total. The Labute approximate surface area is 129 Å². The number of nitrogen functional groups attached to an aromatic ring is 1. The Morgan fingerprint density at radius 2 is 2.10 bits per heavy atom. The molecular weight excluding hydrogens is 280 g/mol. The first-order valence-corrected chi connectivity index (χ1v) is 8.32. The molecule has 0 aliphatic heterocycles. The van der Waals surface area contributed by atoms with Gasteiger partial charge in [0, 0.05) is 22.8 Å². The summed E-state index contributed by atoms with van der Waals surface area (Å²) in [5.41, 5.74) is 8.63. The van der Waals surface area contributed by atoms with Crippen LogP contribution in [0.15, 0.2) is 35.7 Å². The number of hydrogen-bond donors (Lipinski definition) is 1. The lowest BCUT2D eigenvalue weighted by molar-refractivity contribution is -0.120. The molecule has 0 fully saturated rings. The number of aryl methyl sites for hydroxylation is 1. The Morgan fingerprint density at radius 3 is 2.81 bits per heavy atom. The quantitative estimate of drug-likeness (QED) is 0.876. The Kier molecular flexibility index (Phi) is 3.97. The molecule has 2 aromatic rings. The average Bonchev–Trinajstić information content (AvgIpc) is 2.98. The number of carbonyl (C=O) groups is 1. The highest BCUT2D eigenvalue weighted by atomic mass is 32.1. The van der Waals surface area contributed by atoms with Gasteiger partial charge < -0.3 is 10.6 Å². The van der Waals surface area contributed by atoms with Crippen LogP contribution < -0.4 is 10.6 Å². The highest BCUT2D eigenvalue weighted by Gasteiger charge is 2.30. The third-order valence-electron chi connectivity index (χ3n) is 4.14. The standard InChI is InChI=1S/C17H20N2OS/c1-2-19(13-8-6-12(18)7-9-13)17(20)15-4-3-5-16-14(15)10-11-21-16/h6-11,15H,2-5,18H2,1H3. The molecule has 0 spiro atoms. The molecule has 1 aromatic carbocycles. The van der Waals surface area contributed by atoms with E-state index in [1.807, 2.05) is 36.1 Å². The number of hydrogen-bond acceptors (Lipinski definition) is 3. The van der Waals surface area contributed by atoms with Gasteiger partial charge in [-0.1, -0.05) is 0 Å².